The Morgan fingerprint density at radius 3 is 2.76 bits per heavy atom. The zero-order valence-electron chi connectivity index (χ0n) is 17.1. The molecule has 0 aromatic carbocycles. The van der Waals surface area contributed by atoms with Crippen LogP contribution in [0.3, 0.4) is 0 Å². The molecule has 0 radical (unpaired) electrons. The van der Waals surface area contributed by atoms with Gasteiger partial charge in [-0.15, -0.1) is 0 Å². The van der Waals surface area contributed by atoms with Crippen molar-refractivity contribution in [2.24, 2.45) is 11.8 Å². The molecule has 0 unspecified atom stereocenters. The van der Waals surface area contributed by atoms with Crippen molar-refractivity contribution >= 4 is 24.0 Å². The van der Waals surface area contributed by atoms with Crippen molar-refractivity contribution in [2.75, 3.05) is 13.2 Å². The average molecular weight is 404 g/mol. The van der Waals surface area contributed by atoms with Gasteiger partial charge >= 0.3 is 11.9 Å². The van der Waals surface area contributed by atoms with Crippen molar-refractivity contribution in [3.8, 4) is 0 Å². The number of fused-ring (bicyclic) bond motifs is 1. The standard InChI is InChI=1S/C22H28O7/c1-5-13(2)22(26)29-20-8-16(10-23)6-7-17(11-27-15(4)24)9-19-21(20)14(3)18(25)12-28-19/h6,9-10,13,19-21H,3,5,7-8,11-12H2,1-2,4H3/b16-6+,17-9-/t13-,19-,20+,21-/m1/s1. The molecule has 1 fully saturated rings. The van der Waals surface area contributed by atoms with Crippen LogP contribution in [0.2, 0.25) is 0 Å². The molecule has 29 heavy (non-hydrogen) atoms. The van der Waals surface area contributed by atoms with Gasteiger partial charge in [-0.3, -0.25) is 19.2 Å². The lowest BCUT2D eigenvalue weighted by Gasteiger charge is -2.36. The molecule has 0 spiro atoms. The molecule has 0 saturated carbocycles. The van der Waals surface area contributed by atoms with Gasteiger partial charge in [-0.25, -0.2) is 0 Å². The largest absolute Gasteiger partial charge is 0.461 e. The highest BCUT2D eigenvalue weighted by Crippen LogP contribution is 2.34. The van der Waals surface area contributed by atoms with E-state index in [9.17, 15) is 19.2 Å². The minimum Gasteiger partial charge on any atom is -0.461 e. The van der Waals surface area contributed by atoms with E-state index in [1.54, 1.807) is 19.1 Å². The maximum Gasteiger partial charge on any atom is 0.308 e. The quantitative estimate of drug-likeness (QED) is 0.290. The van der Waals surface area contributed by atoms with Gasteiger partial charge in [0.05, 0.1) is 17.9 Å². The van der Waals surface area contributed by atoms with Gasteiger partial charge in [0.15, 0.2) is 5.78 Å². The molecule has 1 aliphatic carbocycles. The summed E-state index contributed by atoms with van der Waals surface area (Å²) in [5.74, 6) is -2.02. The van der Waals surface area contributed by atoms with E-state index >= 15 is 0 Å². The molecule has 0 aromatic rings. The molecular formula is C22H28O7. The SMILES string of the molecule is C=C1C(=O)CO[C@@H]2/C=C(\COC(C)=O)C/C=C(/C=O)C[C@H](OC(=O)[C@H](C)CC)[C@H]12. The van der Waals surface area contributed by atoms with Crippen LogP contribution in [0.25, 0.3) is 0 Å². The molecule has 2 aliphatic rings. The summed E-state index contributed by atoms with van der Waals surface area (Å²) in [4.78, 5) is 47.5. The number of carbonyl (C=O) groups excluding carboxylic acids is 4. The highest BCUT2D eigenvalue weighted by Gasteiger charge is 2.41. The molecule has 158 valence electrons. The zero-order chi connectivity index (χ0) is 21.6. The Hall–Kier alpha value is -2.54. The number of rotatable bonds is 6. The van der Waals surface area contributed by atoms with Crippen molar-refractivity contribution in [2.45, 2.75) is 52.2 Å². The van der Waals surface area contributed by atoms with Crippen LogP contribution in [0.15, 0.2) is 35.5 Å². The molecule has 0 aromatic heterocycles. The first-order valence-corrected chi connectivity index (χ1v) is 9.78. The second-order valence-corrected chi connectivity index (χ2v) is 7.44. The van der Waals surface area contributed by atoms with E-state index in [2.05, 4.69) is 6.58 Å². The van der Waals surface area contributed by atoms with Crippen LogP contribution in [0.1, 0.15) is 40.0 Å². The molecule has 0 bridgehead atoms. The number of ketones is 1. The Bertz CT molecular complexity index is 746. The van der Waals surface area contributed by atoms with Crippen molar-refractivity contribution in [3.63, 3.8) is 0 Å². The Kier molecular flexibility index (Phi) is 8.08. The van der Waals surface area contributed by atoms with Gasteiger partial charge in [0.1, 0.15) is 25.6 Å². The topological polar surface area (TPSA) is 96.0 Å². The van der Waals surface area contributed by atoms with E-state index in [0.29, 0.717) is 30.3 Å². The third kappa shape index (κ3) is 5.97. The summed E-state index contributed by atoms with van der Waals surface area (Å²) in [5.41, 5.74) is 1.47. The fourth-order valence-corrected chi connectivity index (χ4v) is 3.29. The third-order valence-electron chi connectivity index (χ3n) is 5.28. The van der Waals surface area contributed by atoms with Crippen LogP contribution in [-0.2, 0) is 33.4 Å². The van der Waals surface area contributed by atoms with Crippen LogP contribution < -0.4 is 0 Å². The molecule has 7 nitrogen and oxygen atoms in total. The first-order valence-electron chi connectivity index (χ1n) is 9.78. The van der Waals surface area contributed by atoms with Gasteiger partial charge in [-0.1, -0.05) is 32.6 Å². The Balaban J connectivity index is 2.43. The van der Waals surface area contributed by atoms with E-state index in [1.807, 2.05) is 6.92 Å². The van der Waals surface area contributed by atoms with Gasteiger partial charge in [0, 0.05) is 18.9 Å². The number of Topliss-reactive ketones (excluding diaryl/α,β-unsaturated/α-hetero) is 1. The van der Waals surface area contributed by atoms with Gasteiger partial charge in [-0.2, -0.15) is 0 Å². The molecule has 4 atom stereocenters. The molecule has 0 N–H and O–H groups in total. The van der Waals surface area contributed by atoms with Crippen molar-refractivity contribution in [3.05, 3.63) is 35.5 Å². The summed E-state index contributed by atoms with van der Waals surface area (Å²) in [6, 6.07) is 0. The Morgan fingerprint density at radius 1 is 1.41 bits per heavy atom. The van der Waals surface area contributed by atoms with Crippen LogP contribution in [0, 0.1) is 11.8 Å². The van der Waals surface area contributed by atoms with E-state index < -0.39 is 30.1 Å². The van der Waals surface area contributed by atoms with Crippen molar-refractivity contribution in [1.29, 1.82) is 0 Å². The average Bonchev–Trinajstić information content (AvgIpc) is 2.76. The normalized spacial score (nSPS) is 29.6. The predicted molar refractivity (Wildman–Crippen MR) is 105 cm³/mol. The fourth-order valence-electron chi connectivity index (χ4n) is 3.29. The minimum atomic E-state index is -0.765. The first kappa shape index (κ1) is 22.7. The number of esters is 2. The van der Waals surface area contributed by atoms with Crippen LogP contribution in [-0.4, -0.2) is 49.4 Å². The lowest BCUT2D eigenvalue weighted by Crippen LogP contribution is -2.44. The van der Waals surface area contributed by atoms with Crippen LogP contribution in [0.4, 0.5) is 0 Å². The van der Waals surface area contributed by atoms with E-state index in [4.69, 9.17) is 14.2 Å². The molecule has 2 rings (SSSR count). The summed E-state index contributed by atoms with van der Waals surface area (Å²) >= 11 is 0. The van der Waals surface area contributed by atoms with Gasteiger partial charge in [0.2, 0.25) is 0 Å². The number of allylic oxidation sites excluding steroid dienone is 1. The minimum absolute atomic E-state index is 0.0439. The maximum absolute atomic E-state index is 12.5. The summed E-state index contributed by atoms with van der Waals surface area (Å²) in [6.45, 7) is 8.78. The predicted octanol–water partition coefficient (Wildman–Crippen LogP) is 2.49. The highest BCUT2D eigenvalue weighted by molar-refractivity contribution is 5.97. The highest BCUT2D eigenvalue weighted by atomic mass is 16.6. The molecule has 0 amide bonds. The van der Waals surface area contributed by atoms with Crippen LogP contribution in [0.5, 0.6) is 0 Å². The monoisotopic (exact) mass is 404 g/mol. The number of hydrogen-bond acceptors (Lipinski definition) is 7. The summed E-state index contributed by atoms with van der Waals surface area (Å²) in [6.07, 6.45) is 3.99. The number of carbonyl (C=O) groups is 4. The smallest absolute Gasteiger partial charge is 0.308 e. The molecule has 1 saturated heterocycles. The van der Waals surface area contributed by atoms with Crippen LogP contribution >= 0.6 is 0 Å². The number of aldehydes is 1. The molecular weight excluding hydrogens is 376 g/mol. The Labute approximate surface area is 170 Å². The fraction of sp³-hybridized carbons (Fsp3) is 0.545. The third-order valence-corrected chi connectivity index (χ3v) is 5.28. The summed E-state index contributed by atoms with van der Waals surface area (Å²) in [5, 5.41) is 0. The second-order valence-electron chi connectivity index (χ2n) is 7.44. The maximum atomic E-state index is 12.5. The van der Waals surface area contributed by atoms with E-state index in [-0.39, 0.29) is 31.3 Å². The summed E-state index contributed by atoms with van der Waals surface area (Å²) < 4.78 is 16.6. The Morgan fingerprint density at radius 2 is 2.14 bits per heavy atom. The van der Waals surface area contributed by atoms with E-state index in [1.165, 1.54) is 6.92 Å². The zero-order valence-corrected chi connectivity index (χ0v) is 17.1. The van der Waals surface area contributed by atoms with Gasteiger partial charge in [0.25, 0.3) is 0 Å². The second kappa shape index (κ2) is 10.3. The molecule has 7 heteroatoms. The molecule has 1 aliphatic heterocycles. The molecule has 1 heterocycles. The number of ether oxygens (including phenoxy) is 3. The summed E-state index contributed by atoms with van der Waals surface area (Å²) in [7, 11) is 0. The van der Waals surface area contributed by atoms with Crippen molar-refractivity contribution < 1.29 is 33.4 Å². The van der Waals surface area contributed by atoms with Gasteiger partial charge < -0.3 is 14.2 Å². The van der Waals surface area contributed by atoms with E-state index in [0.717, 1.165) is 5.57 Å². The first-order chi connectivity index (χ1) is 13.8. The lowest BCUT2D eigenvalue weighted by molar-refractivity contribution is -0.160. The number of hydrogen-bond donors (Lipinski definition) is 0. The lowest BCUT2D eigenvalue weighted by atomic mass is 9.82. The van der Waals surface area contributed by atoms with Gasteiger partial charge in [-0.05, 0) is 24.0 Å². The van der Waals surface area contributed by atoms with Crippen molar-refractivity contribution in [1.82, 2.24) is 0 Å².